The Hall–Kier alpha value is -2.84. The molecule has 2 aromatic rings. The Kier molecular flexibility index (Phi) is 5.71. The molecule has 0 bridgehead atoms. The summed E-state index contributed by atoms with van der Waals surface area (Å²) in [6.07, 6.45) is -4.47. The molecule has 0 N–H and O–H groups in total. The van der Waals surface area contributed by atoms with Crippen molar-refractivity contribution in [2.24, 2.45) is 0 Å². The predicted octanol–water partition coefficient (Wildman–Crippen LogP) is 2.70. The van der Waals surface area contributed by atoms with Gasteiger partial charge in [0, 0.05) is 32.2 Å². The first-order valence-corrected chi connectivity index (χ1v) is 8.85. The van der Waals surface area contributed by atoms with E-state index >= 15 is 0 Å². The van der Waals surface area contributed by atoms with Crippen LogP contribution in [0.3, 0.4) is 0 Å². The van der Waals surface area contributed by atoms with Crippen molar-refractivity contribution < 1.29 is 22.7 Å². The van der Waals surface area contributed by atoms with E-state index < -0.39 is 11.7 Å². The third kappa shape index (κ3) is 4.71. The number of aromatic nitrogens is 2. The van der Waals surface area contributed by atoms with Crippen LogP contribution in [0.1, 0.15) is 17.0 Å². The number of nitrogens with zero attached hydrogens (tertiary/aromatic N) is 4. The summed E-state index contributed by atoms with van der Waals surface area (Å²) < 4.78 is 43.6. The molecule has 0 radical (unpaired) electrons. The molecular weight excluding hydrogens is 373 g/mol. The zero-order chi connectivity index (χ0) is 20.3. The fourth-order valence-electron chi connectivity index (χ4n) is 3.12. The Bertz CT molecular complexity index is 849. The maximum atomic E-state index is 12.8. The van der Waals surface area contributed by atoms with Crippen LogP contribution in [0, 0.1) is 6.92 Å². The zero-order valence-corrected chi connectivity index (χ0v) is 15.7. The standard InChI is InChI=1S/C19H21F3N4O2/c1-13-23-16(12-17(24-13)28-2)25-6-8-26(9-7-25)18(27)11-14-4-3-5-15(10-14)19(20,21)22/h3-5,10,12H,6-9,11H2,1-2H3. The van der Waals surface area contributed by atoms with E-state index in [4.69, 9.17) is 4.74 Å². The largest absolute Gasteiger partial charge is 0.481 e. The summed E-state index contributed by atoms with van der Waals surface area (Å²) in [5.41, 5.74) is -0.380. The summed E-state index contributed by atoms with van der Waals surface area (Å²) in [5, 5.41) is 0. The van der Waals surface area contributed by atoms with E-state index in [2.05, 4.69) is 9.97 Å². The van der Waals surface area contributed by atoms with Crippen molar-refractivity contribution in [2.75, 3.05) is 38.2 Å². The van der Waals surface area contributed by atoms with Crippen LogP contribution in [0.2, 0.25) is 0 Å². The average molecular weight is 394 g/mol. The second-order valence-corrected chi connectivity index (χ2v) is 6.56. The van der Waals surface area contributed by atoms with Gasteiger partial charge in [0.05, 0.1) is 19.1 Å². The first-order valence-electron chi connectivity index (χ1n) is 8.85. The van der Waals surface area contributed by atoms with Crippen LogP contribution in [-0.4, -0.2) is 54.1 Å². The van der Waals surface area contributed by atoms with E-state index in [0.717, 1.165) is 18.0 Å². The van der Waals surface area contributed by atoms with Crippen molar-refractivity contribution in [1.82, 2.24) is 14.9 Å². The number of rotatable bonds is 4. The smallest absolute Gasteiger partial charge is 0.416 e. The lowest BCUT2D eigenvalue weighted by molar-refractivity contribution is -0.138. The minimum atomic E-state index is -4.42. The van der Waals surface area contributed by atoms with Gasteiger partial charge in [0.1, 0.15) is 11.6 Å². The lowest BCUT2D eigenvalue weighted by atomic mass is 10.1. The van der Waals surface area contributed by atoms with Gasteiger partial charge in [0.2, 0.25) is 11.8 Å². The van der Waals surface area contributed by atoms with E-state index in [1.165, 1.54) is 13.2 Å². The Balaban J connectivity index is 1.61. The van der Waals surface area contributed by atoms with Gasteiger partial charge in [-0.25, -0.2) is 4.98 Å². The van der Waals surface area contributed by atoms with Crippen molar-refractivity contribution in [2.45, 2.75) is 19.5 Å². The van der Waals surface area contributed by atoms with Gasteiger partial charge < -0.3 is 14.5 Å². The molecule has 9 heteroatoms. The van der Waals surface area contributed by atoms with Crippen molar-refractivity contribution in [3.8, 4) is 5.88 Å². The summed E-state index contributed by atoms with van der Waals surface area (Å²) in [6.45, 7) is 3.88. The molecule has 1 saturated heterocycles. The Labute approximate surface area is 160 Å². The number of methoxy groups -OCH3 is 1. The van der Waals surface area contributed by atoms with Crippen LogP contribution in [0.4, 0.5) is 19.0 Å². The van der Waals surface area contributed by atoms with Crippen molar-refractivity contribution >= 4 is 11.7 Å². The third-order valence-corrected chi connectivity index (χ3v) is 4.58. The molecule has 0 unspecified atom stereocenters. The summed E-state index contributed by atoms with van der Waals surface area (Å²) in [4.78, 5) is 24.8. The van der Waals surface area contributed by atoms with E-state index in [0.29, 0.717) is 43.4 Å². The summed E-state index contributed by atoms with van der Waals surface area (Å²) in [5.74, 6) is 1.62. The molecular formula is C19H21F3N4O2. The lowest BCUT2D eigenvalue weighted by Gasteiger charge is -2.35. The van der Waals surface area contributed by atoms with Crippen molar-refractivity contribution in [3.63, 3.8) is 0 Å². The highest BCUT2D eigenvalue weighted by molar-refractivity contribution is 5.79. The fourth-order valence-corrected chi connectivity index (χ4v) is 3.12. The molecule has 0 saturated carbocycles. The minimum absolute atomic E-state index is 0.0512. The Morgan fingerprint density at radius 1 is 1.14 bits per heavy atom. The SMILES string of the molecule is COc1cc(N2CCN(C(=O)Cc3cccc(C(F)(F)F)c3)CC2)nc(C)n1. The molecule has 0 spiro atoms. The van der Waals surface area contributed by atoms with Gasteiger partial charge >= 0.3 is 6.18 Å². The molecule has 1 aromatic heterocycles. The van der Waals surface area contributed by atoms with Crippen molar-refractivity contribution in [1.29, 1.82) is 0 Å². The topological polar surface area (TPSA) is 58.6 Å². The van der Waals surface area contributed by atoms with Gasteiger partial charge in [-0.2, -0.15) is 18.2 Å². The van der Waals surface area contributed by atoms with Crippen LogP contribution in [-0.2, 0) is 17.4 Å². The van der Waals surface area contributed by atoms with E-state index in [9.17, 15) is 18.0 Å². The van der Waals surface area contributed by atoms with E-state index in [1.54, 1.807) is 24.0 Å². The fraction of sp³-hybridized carbons (Fsp3) is 0.421. The number of halogens is 3. The highest BCUT2D eigenvalue weighted by atomic mass is 19.4. The summed E-state index contributed by atoms with van der Waals surface area (Å²) in [7, 11) is 1.54. The van der Waals surface area contributed by atoms with Crippen molar-refractivity contribution in [3.05, 3.63) is 47.3 Å². The van der Waals surface area contributed by atoms with Crippen LogP contribution in [0.15, 0.2) is 30.3 Å². The van der Waals surface area contributed by atoms with Crippen LogP contribution < -0.4 is 9.64 Å². The molecule has 1 fully saturated rings. The molecule has 2 heterocycles. The maximum absolute atomic E-state index is 12.8. The molecule has 0 atom stereocenters. The second kappa shape index (κ2) is 8.04. The first kappa shape index (κ1) is 19.9. The number of piperazine rings is 1. The van der Waals surface area contributed by atoms with E-state index in [1.807, 2.05) is 4.90 Å². The number of alkyl halides is 3. The summed E-state index contributed by atoms with van der Waals surface area (Å²) >= 11 is 0. The number of hydrogen-bond donors (Lipinski definition) is 0. The lowest BCUT2D eigenvalue weighted by Crippen LogP contribution is -2.49. The number of amides is 1. The molecule has 1 aliphatic rings. The number of benzene rings is 1. The predicted molar refractivity (Wildman–Crippen MR) is 97.3 cm³/mol. The monoisotopic (exact) mass is 394 g/mol. The van der Waals surface area contributed by atoms with Crippen LogP contribution in [0.5, 0.6) is 5.88 Å². The molecule has 0 aliphatic carbocycles. The Morgan fingerprint density at radius 2 is 1.86 bits per heavy atom. The number of ether oxygens (including phenoxy) is 1. The number of aryl methyl sites for hydroxylation is 1. The van der Waals surface area contributed by atoms with Crippen LogP contribution in [0.25, 0.3) is 0 Å². The second-order valence-electron chi connectivity index (χ2n) is 6.56. The minimum Gasteiger partial charge on any atom is -0.481 e. The first-order chi connectivity index (χ1) is 13.3. The van der Waals surface area contributed by atoms with Gasteiger partial charge in [0.15, 0.2) is 0 Å². The summed E-state index contributed by atoms with van der Waals surface area (Å²) in [6, 6.07) is 6.65. The normalized spacial score (nSPS) is 14.9. The zero-order valence-electron chi connectivity index (χ0n) is 15.7. The molecule has 6 nitrogen and oxygen atoms in total. The molecule has 3 rings (SSSR count). The third-order valence-electron chi connectivity index (χ3n) is 4.58. The molecule has 28 heavy (non-hydrogen) atoms. The van der Waals surface area contributed by atoms with Gasteiger partial charge in [-0.05, 0) is 18.6 Å². The number of anilines is 1. The molecule has 1 aliphatic heterocycles. The molecule has 1 aromatic carbocycles. The Morgan fingerprint density at radius 3 is 2.50 bits per heavy atom. The maximum Gasteiger partial charge on any atom is 0.416 e. The quantitative estimate of drug-likeness (QED) is 0.798. The van der Waals surface area contributed by atoms with Gasteiger partial charge in [-0.3, -0.25) is 4.79 Å². The number of carbonyl (C=O) groups is 1. The van der Waals surface area contributed by atoms with E-state index in [-0.39, 0.29) is 12.3 Å². The number of hydrogen-bond acceptors (Lipinski definition) is 5. The number of carbonyl (C=O) groups excluding carboxylic acids is 1. The molecule has 1 amide bonds. The van der Waals surface area contributed by atoms with Gasteiger partial charge in [0.25, 0.3) is 0 Å². The molecule has 150 valence electrons. The highest BCUT2D eigenvalue weighted by Gasteiger charge is 2.30. The highest BCUT2D eigenvalue weighted by Crippen LogP contribution is 2.29. The average Bonchev–Trinajstić information content (AvgIpc) is 2.67. The van der Waals surface area contributed by atoms with Gasteiger partial charge in [-0.1, -0.05) is 18.2 Å². The van der Waals surface area contributed by atoms with Gasteiger partial charge in [-0.15, -0.1) is 0 Å². The van der Waals surface area contributed by atoms with Crippen LogP contribution >= 0.6 is 0 Å².